The molecule has 3 aromatic rings. The van der Waals surface area contributed by atoms with Crippen LogP contribution in [0.25, 0.3) is 11.1 Å². The number of aliphatic imine (C=N–C) groups is 1. The molecule has 0 saturated carbocycles. The number of rotatable bonds is 5. The van der Waals surface area contributed by atoms with Crippen LogP contribution in [-0.2, 0) is 10.3 Å². The number of ether oxygens (including phenoxy) is 2. The number of halogens is 2. The number of benzene rings is 2. The minimum absolute atomic E-state index is 0.0694. The zero-order valence-corrected chi connectivity index (χ0v) is 14.6. The Morgan fingerprint density at radius 1 is 1.00 bits per heavy atom. The predicted molar refractivity (Wildman–Crippen MR) is 98.9 cm³/mol. The molecule has 6 nitrogen and oxygen atoms in total. The van der Waals surface area contributed by atoms with Crippen molar-refractivity contribution in [2.75, 3.05) is 6.61 Å². The van der Waals surface area contributed by atoms with E-state index in [-0.39, 0.29) is 18.4 Å². The average molecular weight is 382 g/mol. The summed E-state index contributed by atoms with van der Waals surface area (Å²) in [4.78, 5) is 12.6. The number of alkyl halides is 2. The van der Waals surface area contributed by atoms with E-state index >= 15 is 0 Å². The second kappa shape index (κ2) is 7.22. The van der Waals surface area contributed by atoms with Gasteiger partial charge in [0.05, 0.1) is 0 Å². The molecule has 1 aliphatic heterocycles. The molecule has 1 aromatic heterocycles. The largest absolute Gasteiger partial charge is 0.462 e. The first-order chi connectivity index (χ1) is 13.6. The highest BCUT2D eigenvalue weighted by atomic mass is 19.3. The van der Waals surface area contributed by atoms with Crippen molar-refractivity contribution in [3.05, 3.63) is 78.4 Å². The number of amidine groups is 1. The van der Waals surface area contributed by atoms with Gasteiger partial charge in [-0.2, -0.15) is 8.78 Å². The molecule has 0 bridgehead atoms. The molecule has 0 radical (unpaired) electrons. The maximum Gasteiger partial charge on any atom is 0.387 e. The summed E-state index contributed by atoms with van der Waals surface area (Å²) in [5.74, 6) is 0.0694. The zero-order valence-electron chi connectivity index (χ0n) is 14.6. The fourth-order valence-electron chi connectivity index (χ4n) is 3.21. The number of aromatic nitrogens is 2. The lowest BCUT2D eigenvalue weighted by molar-refractivity contribution is -0.0498. The van der Waals surface area contributed by atoms with Gasteiger partial charge in [-0.3, -0.25) is 0 Å². The first-order valence-corrected chi connectivity index (χ1v) is 8.46. The first kappa shape index (κ1) is 17.8. The van der Waals surface area contributed by atoms with Crippen LogP contribution in [0.4, 0.5) is 8.78 Å². The van der Waals surface area contributed by atoms with Gasteiger partial charge >= 0.3 is 6.61 Å². The van der Waals surface area contributed by atoms with Gasteiger partial charge in [-0.15, -0.1) is 0 Å². The van der Waals surface area contributed by atoms with Crippen molar-refractivity contribution in [2.45, 2.75) is 12.2 Å². The molecule has 0 aliphatic carbocycles. The summed E-state index contributed by atoms with van der Waals surface area (Å²) in [6.45, 7) is -2.68. The Morgan fingerprint density at radius 3 is 2.39 bits per heavy atom. The van der Waals surface area contributed by atoms with Crippen molar-refractivity contribution in [2.24, 2.45) is 10.7 Å². The molecule has 2 heterocycles. The summed E-state index contributed by atoms with van der Waals surface area (Å²) < 4.78 is 34.8. The van der Waals surface area contributed by atoms with E-state index in [0.29, 0.717) is 0 Å². The highest BCUT2D eigenvalue weighted by Crippen LogP contribution is 2.39. The molecule has 142 valence electrons. The van der Waals surface area contributed by atoms with Gasteiger partial charge in [0, 0.05) is 18.0 Å². The van der Waals surface area contributed by atoms with E-state index in [0.717, 1.165) is 22.3 Å². The van der Waals surface area contributed by atoms with Crippen LogP contribution in [0.1, 0.15) is 11.1 Å². The smallest absolute Gasteiger partial charge is 0.387 e. The molecule has 1 atom stereocenters. The lowest BCUT2D eigenvalue weighted by atomic mass is 9.83. The van der Waals surface area contributed by atoms with Crippen LogP contribution in [0.3, 0.4) is 0 Å². The normalized spacial score (nSPS) is 18.6. The first-order valence-electron chi connectivity index (χ1n) is 8.46. The van der Waals surface area contributed by atoms with Gasteiger partial charge < -0.3 is 15.2 Å². The Labute approximate surface area is 159 Å². The molecular formula is C20H16F2N4O2. The molecule has 0 spiro atoms. The van der Waals surface area contributed by atoms with E-state index in [1.165, 1.54) is 18.5 Å². The molecule has 28 heavy (non-hydrogen) atoms. The van der Waals surface area contributed by atoms with Gasteiger partial charge in [0.15, 0.2) is 5.54 Å². The summed E-state index contributed by atoms with van der Waals surface area (Å²) >= 11 is 0. The van der Waals surface area contributed by atoms with Crippen LogP contribution in [0.5, 0.6) is 5.75 Å². The second-order valence-corrected chi connectivity index (χ2v) is 6.21. The monoisotopic (exact) mass is 382 g/mol. The molecule has 0 unspecified atom stereocenters. The summed E-state index contributed by atoms with van der Waals surface area (Å²) in [6, 6.07) is 14.1. The standard InChI is InChI=1S/C20H16F2N4O2/c21-18(22)28-17-6-4-15(5-7-17)20(11-27-19(23)26-20)16-3-1-2-13(8-16)14-9-24-12-25-10-14/h1-10,12,18H,11H2,(H2,23,26)/t20-/m0/s1. The maximum atomic E-state index is 12.4. The molecular weight excluding hydrogens is 366 g/mol. The Balaban J connectivity index is 1.77. The third kappa shape index (κ3) is 3.36. The predicted octanol–water partition coefficient (Wildman–Crippen LogP) is 3.33. The molecule has 0 amide bonds. The average Bonchev–Trinajstić information content (AvgIpc) is 3.12. The van der Waals surface area contributed by atoms with Crippen LogP contribution in [0.15, 0.2) is 72.2 Å². The molecule has 0 fully saturated rings. The van der Waals surface area contributed by atoms with Crippen molar-refractivity contribution in [3.8, 4) is 16.9 Å². The van der Waals surface area contributed by atoms with Crippen LogP contribution >= 0.6 is 0 Å². The fourth-order valence-corrected chi connectivity index (χ4v) is 3.21. The van der Waals surface area contributed by atoms with Gasteiger partial charge in [0.1, 0.15) is 18.7 Å². The molecule has 2 N–H and O–H groups in total. The molecule has 8 heteroatoms. The number of nitrogens with zero attached hydrogens (tertiary/aromatic N) is 3. The van der Waals surface area contributed by atoms with E-state index < -0.39 is 12.2 Å². The molecule has 0 saturated heterocycles. The number of hydrogen-bond donors (Lipinski definition) is 1. The highest BCUT2D eigenvalue weighted by molar-refractivity contribution is 5.75. The Hall–Kier alpha value is -3.55. The quantitative estimate of drug-likeness (QED) is 0.732. The van der Waals surface area contributed by atoms with Crippen molar-refractivity contribution in [1.29, 1.82) is 0 Å². The topological polar surface area (TPSA) is 82.6 Å². The Kier molecular flexibility index (Phi) is 4.60. The van der Waals surface area contributed by atoms with Crippen LogP contribution < -0.4 is 10.5 Å². The van der Waals surface area contributed by atoms with Gasteiger partial charge in [-0.1, -0.05) is 30.3 Å². The minimum atomic E-state index is -2.88. The second-order valence-electron chi connectivity index (χ2n) is 6.21. The Morgan fingerprint density at radius 2 is 1.75 bits per heavy atom. The van der Waals surface area contributed by atoms with Gasteiger partial charge in [-0.05, 0) is 34.9 Å². The maximum absolute atomic E-state index is 12.4. The van der Waals surface area contributed by atoms with Crippen LogP contribution in [-0.4, -0.2) is 29.2 Å². The molecule has 1 aliphatic rings. The van der Waals surface area contributed by atoms with E-state index in [2.05, 4.69) is 19.7 Å². The van der Waals surface area contributed by atoms with E-state index in [1.54, 1.807) is 24.5 Å². The van der Waals surface area contributed by atoms with Crippen LogP contribution in [0, 0.1) is 0 Å². The van der Waals surface area contributed by atoms with Crippen molar-refractivity contribution in [3.63, 3.8) is 0 Å². The summed E-state index contributed by atoms with van der Waals surface area (Å²) in [5, 5.41) is 0. The SMILES string of the molecule is NC1=N[C@@](c2ccc(OC(F)F)cc2)(c2cccc(-c3cncnc3)c2)CO1. The highest BCUT2D eigenvalue weighted by Gasteiger charge is 2.40. The summed E-state index contributed by atoms with van der Waals surface area (Å²) in [5.41, 5.74) is 8.28. The zero-order chi connectivity index (χ0) is 19.6. The molecule has 2 aromatic carbocycles. The summed E-state index contributed by atoms with van der Waals surface area (Å²) in [6.07, 6.45) is 4.91. The van der Waals surface area contributed by atoms with Gasteiger partial charge in [-0.25, -0.2) is 15.0 Å². The van der Waals surface area contributed by atoms with E-state index in [9.17, 15) is 8.78 Å². The lowest BCUT2D eigenvalue weighted by Crippen LogP contribution is -2.27. The molecule has 4 rings (SSSR count). The van der Waals surface area contributed by atoms with Crippen LogP contribution in [0.2, 0.25) is 0 Å². The third-order valence-corrected chi connectivity index (χ3v) is 4.52. The van der Waals surface area contributed by atoms with Crippen molar-refractivity contribution < 1.29 is 18.3 Å². The van der Waals surface area contributed by atoms with E-state index in [1.807, 2.05) is 24.3 Å². The van der Waals surface area contributed by atoms with Crippen molar-refractivity contribution >= 4 is 6.02 Å². The van der Waals surface area contributed by atoms with E-state index in [4.69, 9.17) is 10.5 Å². The van der Waals surface area contributed by atoms with Gasteiger partial charge in [0.2, 0.25) is 0 Å². The Bertz CT molecular complexity index is 997. The lowest BCUT2D eigenvalue weighted by Gasteiger charge is -2.26. The van der Waals surface area contributed by atoms with Crippen molar-refractivity contribution in [1.82, 2.24) is 9.97 Å². The third-order valence-electron chi connectivity index (χ3n) is 4.52. The minimum Gasteiger partial charge on any atom is -0.462 e. The summed E-state index contributed by atoms with van der Waals surface area (Å²) in [7, 11) is 0. The number of hydrogen-bond acceptors (Lipinski definition) is 6. The van der Waals surface area contributed by atoms with Gasteiger partial charge in [0.25, 0.3) is 6.02 Å². The fraction of sp³-hybridized carbons (Fsp3) is 0.150. The number of nitrogens with two attached hydrogens (primary N) is 1.